The van der Waals surface area contributed by atoms with E-state index in [9.17, 15) is 19.6 Å². The van der Waals surface area contributed by atoms with Crippen LogP contribution in [0.15, 0.2) is 5.16 Å². The molecule has 0 radical (unpaired) electrons. The van der Waals surface area contributed by atoms with Crippen molar-refractivity contribution in [3.63, 3.8) is 0 Å². The van der Waals surface area contributed by atoms with Gasteiger partial charge in [0.15, 0.2) is 30.3 Å². The first kappa shape index (κ1) is 20.9. The number of amidine groups is 1. The molecule has 2 aliphatic heterocycles. The van der Waals surface area contributed by atoms with Crippen molar-refractivity contribution >= 4 is 23.7 Å². The summed E-state index contributed by atoms with van der Waals surface area (Å²) in [5.74, 6) is -1.80. The first-order valence-corrected chi connectivity index (χ1v) is 8.51. The van der Waals surface area contributed by atoms with E-state index in [1.807, 2.05) is 0 Å². The highest BCUT2D eigenvalue weighted by Crippen LogP contribution is 2.26. The van der Waals surface area contributed by atoms with Crippen molar-refractivity contribution in [2.24, 2.45) is 5.16 Å². The minimum Gasteiger partial charge on any atom is -0.456 e. The summed E-state index contributed by atoms with van der Waals surface area (Å²) in [4.78, 5) is 36.3. The molecule has 4 atom stereocenters. The molecule has 0 unspecified atom stereocenters. The summed E-state index contributed by atoms with van der Waals surface area (Å²) >= 11 is 0. The Bertz CT molecular complexity index is 588. The number of hydrogen-bond acceptors (Lipinski definition) is 10. The minimum atomic E-state index is -1.17. The fourth-order valence-electron chi connectivity index (χ4n) is 3.06. The van der Waals surface area contributed by atoms with E-state index in [2.05, 4.69) is 5.16 Å². The van der Waals surface area contributed by atoms with Crippen molar-refractivity contribution in [1.29, 1.82) is 0 Å². The Morgan fingerprint density at radius 1 is 0.963 bits per heavy atom. The minimum absolute atomic E-state index is 0.114. The number of hydrogen-bond donors (Lipinski definition) is 1. The van der Waals surface area contributed by atoms with E-state index < -0.39 is 42.3 Å². The van der Waals surface area contributed by atoms with Gasteiger partial charge in [-0.05, 0) is 0 Å². The van der Waals surface area contributed by atoms with Crippen LogP contribution < -0.4 is 0 Å². The predicted octanol–water partition coefficient (Wildman–Crippen LogP) is -0.700. The van der Waals surface area contributed by atoms with Crippen LogP contribution in [0.25, 0.3) is 0 Å². The Hall–Kier alpha value is -2.40. The van der Waals surface area contributed by atoms with Crippen molar-refractivity contribution < 1.29 is 43.3 Å². The van der Waals surface area contributed by atoms with E-state index in [1.165, 1.54) is 20.8 Å². The molecule has 1 N–H and O–H groups in total. The topological polar surface area (TPSA) is 133 Å². The number of ether oxygens (including phenoxy) is 5. The Balaban J connectivity index is 2.32. The zero-order chi connectivity index (χ0) is 20.0. The first-order chi connectivity index (χ1) is 12.8. The second-order valence-electron chi connectivity index (χ2n) is 6.11. The lowest BCUT2D eigenvalue weighted by Gasteiger charge is -2.42. The van der Waals surface area contributed by atoms with Gasteiger partial charge in [-0.15, -0.1) is 0 Å². The van der Waals surface area contributed by atoms with Gasteiger partial charge >= 0.3 is 17.9 Å². The molecule has 2 heterocycles. The monoisotopic (exact) mass is 388 g/mol. The molecule has 11 heteroatoms. The smallest absolute Gasteiger partial charge is 0.303 e. The van der Waals surface area contributed by atoms with E-state index in [0.29, 0.717) is 26.3 Å². The van der Waals surface area contributed by atoms with E-state index >= 15 is 0 Å². The third-order valence-electron chi connectivity index (χ3n) is 4.04. The van der Waals surface area contributed by atoms with Crippen molar-refractivity contribution in [1.82, 2.24) is 4.90 Å². The number of rotatable bonds is 4. The molecule has 2 rings (SSSR count). The molecular weight excluding hydrogens is 364 g/mol. The fourth-order valence-corrected chi connectivity index (χ4v) is 3.06. The fraction of sp³-hybridized carbons (Fsp3) is 0.750. The van der Waals surface area contributed by atoms with Gasteiger partial charge < -0.3 is 33.8 Å². The summed E-state index contributed by atoms with van der Waals surface area (Å²) in [5, 5.41) is 12.9. The van der Waals surface area contributed by atoms with Crippen LogP contribution in [0.3, 0.4) is 0 Å². The second kappa shape index (κ2) is 9.51. The van der Waals surface area contributed by atoms with Crippen LogP contribution >= 0.6 is 0 Å². The van der Waals surface area contributed by atoms with Gasteiger partial charge in [0, 0.05) is 33.9 Å². The lowest BCUT2D eigenvalue weighted by Crippen LogP contribution is -2.62. The maximum Gasteiger partial charge on any atom is 0.303 e. The summed E-state index contributed by atoms with van der Waals surface area (Å²) in [5.41, 5.74) is 0. The third kappa shape index (κ3) is 5.54. The summed E-state index contributed by atoms with van der Waals surface area (Å²) in [6.07, 6.45) is -4.28. The lowest BCUT2D eigenvalue weighted by molar-refractivity contribution is -0.217. The average Bonchev–Trinajstić information content (AvgIpc) is 2.60. The van der Waals surface area contributed by atoms with Crippen molar-refractivity contribution in [2.45, 2.75) is 45.2 Å². The van der Waals surface area contributed by atoms with Gasteiger partial charge in [0.25, 0.3) is 0 Å². The number of esters is 3. The highest BCUT2D eigenvalue weighted by atomic mass is 16.6. The number of carbonyl (C=O) groups is 3. The number of oxime groups is 1. The van der Waals surface area contributed by atoms with Crippen LogP contribution in [0.1, 0.15) is 20.8 Å². The predicted molar refractivity (Wildman–Crippen MR) is 88.0 cm³/mol. The highest BCUT2D eigenvalue weighted by molar-refractivity contribution is 5.87. The lowest BCUT2D eigenvalue weighted by atomic mass is 9.97. The summed E-state index contributed by atoms with van der Waals surface area (Å²) in [7, 11) is 0. The Labute approximate surface area is 156 Å². The Morgan fingerprint density at radius 2 is 1.52 bits per heavy atom. The molecule has 0 saturated carbocycles. The van der Waals surface area contributed by atoms with E-state index in [-0.39, 0.29) is 12.4 Å². The molecule has 2 saturated heterocycles. The van der Waals surface area contributed by atoms with Gasteiger partial charge in [-0.3, -0.25) is 14.4 Å². The van der Waals surface area contributed by atoms with Gasteiger partial charge in [-0.2, -0.15) is 0 Å². The highest BCUT2D eigenvalue weighted by Gasteiger charge is 2.50. The molecule has 2 fully saturated rings. The molecule has 0 spiro atoms. The zero-order valence-electron chi connectivity index (χ0n) is 15.5. The van der Waals surface area contributed by atoms with Gasteiger partial charge in [-0.1, -0.05) is 5.16 Å². The molecule has 0 aliphatic carbocycles. The maximum absolute atomic E-state index is 11.6. The zero-order valence-corrected chi connectivity index (χ0v) is 15.5. The first-order valence-electron chi connectivity index (χ1n) is 8.51. The van der Waals surface area contributed by atoms with Gasteiger partial charge in [-0.25, -0.2) is 0 Å². The van der Waals surface area contributed by atoms with Crippen LogP contribution in [-0.2, 0) is 38.1 Å². The third-order valence-corrected chi connectivity index (χ3v) is 4.04. The SMILES string of the molecule is CC(=O)O[C@@H]1[C@@H](OC(C)=O)[C@H](/C(=N/O)N2CCOCC2)OC[C@H]1OC(C)=O. The molecule has 0 aromatic heterocycles. The normalized spacial score (nSPS) is 29.0. The van der Waals surface area contributed by atoms with E-state index in [4.69, 9.17) is 23.7 Å². The summed E-state index contributed by atoms with van der Waals surface area (Å²) in [6.45, 7) is 5.16. The second-order valence-corrected chi connectivity index (χ2v) is 6.11. The molecule has 0 aromatic rings. The van der Waals surface area contributed by atoms with Gasteiger partial charge in [0.2, 0.25) is 0 Å². The van der Waals surface area contributed by atoms with Crippen LogP contribution in [-0.4, -0.2) is 91.2 Å². The number of morpholine rings is 1. The summed E-state index contributed by atoms with van der Waals surface area (Å²) < 4.78 is 26.7. The molecule has 152 valence electrons. The molecule has 27 heavy (non-hydrogen) atoms. The van der Waals surface area contributed by atoms with Gasteiger partial charge in [0.1, 0.15) is 0 Å². The number of nitrogens with zero attached hydrogens (tertiary/aromatic N) is 2. The van der Waals surface area contributed by atoms with E-state index in [1.54, 1.807) is 4.90 Å². The Morgan fingerprint density at radius 3 is 2.04 bits per heavy atom. The quantitative estimate of drug-likeness (QED) is 0.165. The molecule has 11 nitrogen and oxygen atoms in total. The molecule has 0 aromatic carbocycles. The summed E-state index contributed by atoms with van der Waals surface area (Å²) in [6, 6.07) is 0. The van der Waals surface area contributed by atoms with Crippen molar-refractivity contribution in [2.75, 3.05) is 32.9 Å². The van der Waals surface area contributed by atoms with Crippen molar-refractivity contribution in [3.05, 3.63) is 0 Å². The molecule has 2 aliphatic rings. The van der Waals surface area contributed by atoms with Crippen LogP contribution in [0.4, 0.5) is 0 Å². The van der Waals surface area contributed by atoms with Crippen LogP contribution in [0, 0.1) is 0 Å². The Kier molecular flexibility index (Phi) is 7.36. The molecular formula is C16H24N2O9. The van der Waals surface area contributed by atoms with Crippen LogP contribution in [0.5, 0.6) is 0 Å². The molecule has 0 amide bonds. The molecule has 0 bridgehead atoms. The maximum atomic E-state index is 11.6. The number of carbonyl (C=O) groups excluding carboxylic acids is 3. The standard InChI is InChI=1S/C16H24N2O9/c1-9(19)25-12-8-24-15(16(17-22)18-4-6-23-7-5-18)14(27-11(3)21)13(12)26-10(2)20/h12-15,22H,4-8H2,1-3H3/b17-16-/t12-,13+,14-,15-/m1/s1. The van der Waals surface area contributed by atoms with Crippen molar-refractivity contribution in [3.8, 4) is 0 Å². The average molecular weight is 388 g/mol. The largest absolute Gasteiger partial charge is 0.456 e. The van der Waals surface area contributed by atoms with E-state index in [0.717, 1.165) is 0 Å². The van der Waals surface area contributed by atoms with Gasteiger partial charge in [0.05, 0.1) is 19.8 Å². The van der Waals surface area contributed by atoms with Crippen LogP contribution in [0.2, 0.25) is 0 Å².